The van der Waals surface area contributed by atoms with Gasteiger partial charge < -0.3 is 5.32 Å². The van der Waals surface area contributed by atoms with Crippen molar-refractivity contribution >= 4 is 33.2 Å². The van der Waals surface area contributed by atoms with Gasteiger partial charge in [-0.05, 0) is 44.0 Å². The van der Waals surface area contributed by atoms with Gasteiger partial charge in [0, 0.05) is 12.5 Å². The summed E-state index contributed by atoms with van der Waals surface area (Å²) in [6.45, 7) is 3.46. The first-order valence-electron chi connectivity index (χ1n) is 8.81. The molecule has 152 valence electrons. The number of hydrogen-bond donors (Lipinski definition) is 1. The number of nitrogens with zero attached hydrogens (tertiary/aromatic N) is 2. The molecule has 1 atom stereocenters. The summed E-state index contributed by atoms with van der Waals surface area (Å²) in [6.07, 6.45) is -0.116. The van der Waals surface area contributed by atoms with E-state index in [1.807, 2.05) is 0 Å². The lowest BCUT2D eigenvalue weighted by molar-refractivity contribution is -0.384. The van der Waals surface area contributed by atoms with Crippen molar-refractivity contribution in [1.29, 1.82) is 0 Å². The molecule has 1 fully saturated rings. The van der Waals surface area contributed by atoms with Gasteiger partial charge >= 0.3 is 0 Å². The van der Waals surface area contributed by atoms with Crippen LogP contribution in [0.4, 0.5) is 11.4 Å². The molecule has 1 aliphatic heterocycles. The highest BCUT2D eigenvalue weighted by atomic mass is 32.2. The largest absolute Gasteiger partial charge is 0.319 e. The van der Waals surface area contributed by atoms with Crippen LogP contribution in [-0.4, -0.2) is 35.5 Å². The zero-order chi connectivity index (χ0) is 21.3. The first-order valence-corrected chi connectivity index (χ1v) is 10.2. The van der Waals surface area contributed by atoms with Crippen molar-refractivity contribution in [3.05, 3.63) is 63.7 Å². The molecule has 29 heavy (non-hydrogen) atoms. The number of rotatable bonds is 5. The maximum absolute atomic E-state index is 13.0. The Balaban J connectivity index is 1.92. The molecule has 2 amide bonds. The highest BCUT2D eigenvalue weighted by Crippen LogP contribution is 2.30. The molecule has 1 saturated heterocycles. The van der Waals surface area contributed by atoms with Crippen molar-refractivity contribution in [3.63, 3.8) is 0 Å². The lowest BCUT2D eigenvalue weighted by Crippen LogP contribution is -2.45. The Labute approximate surface area is 167 Å². The average molecular weight is 417 g/mol. The van der Waals surface area contributed by atoms with E-state index in [2.05, 4.69) is 5.32 Å². The normalized spacial score (nSPS) is 16.7. The fourth-order valence-corrected chi connectivity index (χ4v) is 4.74. The van der Waals surface area contributed by atoms with Gasteiger partial charge in [-0.2, -0.15) is 0 Å². The Morgan fingerprint density at radius 1 is 1.14 bits per heavy atom. The predicted octanol–water partition coefficient (Wildman–Crippen LogP) is 2.53. The van der Waals surface area contributed by atoms with Crippen LogP contribution in [0.5, 0.6) is 0 Å². The molecule has 0 unspecified atom stereocenters. The first-order chi connectivity index (χ1) is 13.6. The van der Waals surface area contributed by atoms with Crippen LogP contribution in [0, 0.1) is 24.0 Å². The molecule has 9 nitrogen and oxygen atoms in total. The fourth-order valence-electron chi connectivity index (χ4n) is 3.14. The minimum atomic E-state index is -4.24. The second-order valence-corrected chi connectivity index (χ2v) is 8.64. The van der Waals surface area contributed by atoms with E-state index in [0.717, 1.165) is 5.56 Å². The summed E-state index contributed by atoms with van der Waals surface area (Å²) in [5.41, 5.74) is 1.11. The van der Waals surface area contributed by atoms with Crippen molar-refractivity contribution in [2.75, 3.05) is 5.32 Å². The molecule has 0 aromatic heterocycles. The van der Waals surface area contributed by atoms with Gasteiger partial charge in [0.25, 0.3) is 15.7 Å². The minimum absolute atomic E-state index is 0.00455. The Morgan fingerprint density at radius 3 is 2.38 bits per heavy atom. The minimum Gasteiger partial charge on any atom is -0.319 e. The Hall–Kier alpha value is -3.27. The highest BCUT2D eigenvalue weighted by molar-refractivity contribution is 7.89. The van der Waals surface area contributed by atoms with Crippen LogP contribution in [-0.2, 0) is 19.6 Å². The molecule has 10 heteroatoms. The molecule has 1 aliphatic rings. The summed E-state index contributed by atoms with van der Waals surface area (Å²) in [7, 11) is -4.24. The van der Waals surface area contributed by atoms with E-state index in [1.165, 1.54) is 24.3 Å². The van der Waals surface area contributed by atoms with E-state index in [-0.39, 0.29) is 29.1 Å². The van der Waals surface area contributed by atoms with Gasteiger partial charge in [0.15, 0.2) is 0 Å². The summed E-state index contributed by atoms with van der Waals surface area (Å²) in [5.74, 6) is -1.48. The zero-order valence-electron chi connectivity index (χ0n) is 15.8. The lowest BCUT2D eigenvalue weighted by atomic mass is 10.1. The number of carbonyl (C=O) groups excluding carboxylic acids is 2. The summed E-state index contributed by atoms with van der Waals surface area (Å²) in [5, 5.41) is 13.7. The van der Waals surface area contributed by atoms with E-state index < -0.39 is 32.8 Å². The topological polar surface area (TPSA) is 127 Å². The van der Waals surface area contributed by atoms with Crippen molar-refractivity contribution in [3.8, 4) is 0 Å². The Morgan fingerprint density at radius 2 is 1.76 bits per heavy atom. The quantitative estimate of drug-likeness (QED) is 0.588. The van der Waals surface area contributed by atoms with Gasteiger partial charge in [0.1, 0.15) is 11.7 Å². The lowest BCUT2D eigenvalue weighted by Gasteiger charge is -2.23. The summed E-state index contributed by atoms with van der Waals surface area (Å²) in [6, 6.07) is 8.91. The molecule has 0 bridgehead atoms. The molecule has 2 aromatic carbocycles. The van der Waals surface area contributed by atoms with Gasteiger partial charge in [-0.15, -0.1) is 0 Å². The molecule has 2 aromatic rings. The van der Waals surface area contributed by atoms with Crippen LogP contribution in [0.3, 0.4) is 0 Å². The second kappa shape index (κ2) is 7.63. The Kier molecular flexibility index (Phi) is 5.38. The van der Waals surface area contributed by atoms with Gasteiger partial charge in [0.05, 0.1) is 9.82 Å². The monoisotopic (exact) mass is 417 g/mol. The van der Waals surface area contributed by atoms with Crippen LogP contribution < -0.4 is 5.32 Å². The number of nitro benzene ring substituents is 1. The summed E-state index contributed by atoms with van der Waals surface area (Å²) >= 11 is 0. The van der Waals surface area contributed by atoms with Gasteiger partial charge in [-0.25, -0.2) is 12.7 Å². The van der Waals surface area contributed by atoms with E-state index in [0.29, 0.717) is 9.87 Å². The predicted molar refractivity (Wildman–Crippen MR) is 105 cm³/mol. The highest BCUT2D eigenvalue weighted by Gasteiger charge is 2.44. The second-order valence-electron chi connectivity index (χ2n) is 6.83. The van der Waals surface area contributed by atoms with E-state index in [4.69, 9.17) is 0 Å². The average Bonchev–Trinajstić information content (AvgIpc) is 3.06. The van der Waals surface area contributed by atoms with Crippen LogP contribution >= 0.6 is 0 Å². The van der Waals surface area contributed by atoms with Gasteiger partial charge in [-0.1, -0.05) is 23.8 Å². The fraction of sp³-hybridized carbons (Fsp3) is 0.263. The number of benzene rings is 2. The van der Waals surface area contributed by atoms with E-state index in [9.17, 15) is 28.1 Å². The van der Waals surface area contributed by atoms with Crippen molar-refractivity contribution < 1.29 is 22.9 Å². The molecule has 0 radical (unpaired) electrons. The molecular weight excluding hydrogens is 398 g/mol. The molecule has 1 heterocycles. The number of nitrogens with one attached hydrogen (secondary N) is 1. The molecule has 0 spiro atoms. The third-order valence-electron chi connectivity index (χ3n) is 4.65. The number of hydrogen-bond acceptors (Lipinski definition) is 6. The number of carbonyl (C=O) groups is 2. The first kappa shape index (κ1) is 20.5. The molecule has 3 rings (SSSR count). The maximum atomic E-state index is 13.0. The zero-order valence-corrected chi connectivity index (χ0v) is 16.6. The van der Waals surface area contributed by atoms with Gasteiger partial charge in [-0.3, -0.25) is 19.7 Å². The molecular formula is C19H19N3O6S. The van der Waals surface area contributed by atoms with Crippen molar-refractivity contribution in [1.82, 2.24) is 4.31 Å². The summed E-state index contributed by atoms with van der Waals surface area (Å²) < 4.78 is 26.5. The maximum Gasteiger partial charge on any atom is 0.293 e. The molecule has 0 saturated carbocycles. The number of nitro groups is 1. The van der Waals surface area contributed by atoms with Crippen LogP contribution in [0.1, 0.15) is 24.0 Å². The van der Waals surface area contributed by atoms with E-state index in [1.54, 1.807) is 32.0 Å². The molecule has 0 aliphatic carbocycles. The van der Waals surface area contributed by atoms with Crippen molar-refractivity contribution in [2.24, 2.45) is 0 Å². The van der Waals surface area contributed by atoms with Crippen LogP contribution in [0.2, 0.25) is 0 Å². The van der Waals surface area contributed by atoms with Crippen LogP contribution in [0.15, 0.2) is 47.4 Å². The Bertz CT molecular complexity index is 1100. The third kappa shape index (κ3) is 3.97. The summed E-state index contributed by atoms with van der Waals surface area (Å²) in [4.78, 5) is 35.6. The van der Waals surface area contributed by atoms with Crippen LogP contribution in [0.25, 0.3) is 0 Å². The SMILES string of the molecule is Cc1ccc(S(=O)(=O)N2C(=O)CC[C@@H]2C(=O)Nc2ccc(C)cc2[N+](=O)[O-])cc1. The number of aryl methyl sites for hydroxylation is 2. The molecule has 1 N–H and O–H groups in total. The number of anilines is 1. The standard InChI is InChI=1S/C19H19N3O6S/c1-12-3-6-14(7-4-12)29(27,28)21-16(9-10-18(21)23)19(24)20-15-8-5-13(2)11-17(15)22(25)26/h3-8,11,16H,9-10H2,1-2H3,(H,20,24)/t16-/m1/s1. The number of amides is 2. The number of sulfonamides is 1. The smallest absolute Gasteiger partial charge is 0.293 e. The van der Waals surface area contributed by atoms with E-state index >= 15 is 0 Å². The van der Waals surface area contributed by atoms with Gasteiger partial charge in [0.2, 0.25) is 11.8 Å². The third-order valence-corrected chi connectivity index (χ3v) is 6.49. The van der Waals surface area contributed by atoms with Crippen molar-refractivity contribution in [2.45, 2.75) is 37.6 Å².